The van der Waals surface area contributed by atoms with E-state index in [1.807, 2.05) is 6.92 Å². The summed E-state index contributed by atoms with van der Waals surface area (Å²) in [6.45, 7) is 7.26. The van der Waals surface area contributed by atoms with E-state index < -0.39 is 0 Å². The van der Waals surface area contributed by atoms with Gasteiger partial charge in [-0.05, 0) is 44.4 Å². The van der Waals surface area contributed by atoms with Crippen LogP contribution in [0, 0.1) is 19.3 Å². The molecule has 0 saturated heterocycles. The molecule has 0 radical (unpaired) electrons. The Hall–Kier alpha value is -1.40. The summed E-state index contributed by atoms with van der Waals surface area (Å²) >= 11 is 0. The third-order valence-electron chi connectivity index (χ3n) is 2.95. The molecular formula is C15H23N3. The van der Waals surface area contributed by atoms with Gasteiger partial charge in [0.1, 0.15) is 0 Å². The fraction of sp³-hybridized carbons (Fsp3) is 0.600. The minimum absolute atomic E-state index is 0.296. The van der Waals surface area contributed by atoms with Crippen LogP contribution in [0.1, 0.15) is 56.1 Å². The van der Waals surface area contributed by atoms with Crippen molar-refractivity contribution in [1.82, 2.24) is 15.5 Å². The van der Waals surface area contributed by atoms with Crippen LogP contribution in [0.25, 0.3) is 0 Å². The first-order chi connectivity index (χ1) is 8.72. The van der Waals surface area contributed by atoms with Gasteiger partial charge in [0.2, 0.25) is 0 Å². The average molecular weight is 245 g/mol. The van der Waals surface area contributed by atoms with Crippen LogP contribution in [0.3, 0.4) is 0 Å². The molecule has 0 bridgehead atoms. The minimum Gasteiger partial charge on any atom is -0.310 e. The summed E-state index contributed by atoms with van der Waals surface area (Å²) in [6.07, 6.45) is 9.14. The highest BCUT2D eigenvalue weighted by molar-refractivity contribution is 5.25. The predicted octanol–water partition coefficient (Wildman–Crippen LogP) is 2.80. The molecule has 1 aromatic heterocycles. The number of aromatic nitrogens is 2. The Balaban J connectivity index is 2.94. The van der Waals surface area contributed by atoms with Crippen LogP contribution in [0.5, 0.6) is 0 Å². The normalized spacial score (nSPS) is 12.1. The van der Waals surface area contributed by atoms with Crippen molar-refractivity contribution in [3.8, 4) is 12.3 Å². The molecule has 3 heteroatoms. The van der Waals surface area contributed by atoms with E-state index in [4.69, 9.17) is 6.42 Å². The molecule has 0 amide bonds. The van der Waals surface area contributed by atoms with E-state index >= 15 is 0 Å². The predicted molar refractivity (Wildman–Crippen MR) is 75.2 cm³/mol. The van der Waals surface area contributed by atoms with Gasteiger partial charge in [-0.25, -0.2) is 0 Å². The van der Waals surface area contributed by atoms with Gasteiger partial charge in [-0.15, -0.1) is 12.3 Å². The Kier molecular flexibility index (Phi) is 6.38. The fourth-order valence-corrected chi connectivity index (χ4v) is 2.02. The van der Waals surface area contributed by atoms with E-state index in [-0.39, 0.29) is 0 Å². The molecule has 1 N–H and O–H groups in total. The van der Waals surface area contributed by atoms with Gasteiger partial charge in [-0.3, -0.25) is 0 Å². The molecule has 0 aliphatic rings. The first-order valence-electron chi connectivity index (χ1n) is 6.72. The van der Waals surface area contributed by atoms with E-state index in [0.29, 0.717) is 6.04 Å². The SMILES string of the molecule is C#CCCC(NCCC)c1cc(C)nnc1CC. The largest absolute Gasteiger partial charge is 0.310 e. The van der Waals surface area contributed by atoms with E-state index in [9.17, 15) is 0 Å². The van der Waals surface area contributed by atoms with Gasteiger partial charge in [0.25, 0.3) is 0 Å². The molecule has 0 aliphatic carbocycles. The lowest BCUT2D eigenvalue weighted by Gasteiger charge is -2.20. The van der Waals surface area contributed by atoms with Crippen LogP contribution in [0.4, 0.5) is 0 Å². The van der Waals surface area contributed by atoms with Gasteiger partial charge in [0.05, 0.1) is 11.4 Å². The lowest BCUT2D eigenvalue weighted by molar-refractivity contribution is 0.498. The smallest absolute Gasteiger partial charge is 0.0676 e. The standard InChI is InChI=1S/C15H23N3/c1-5-8-9-15(16-10-6-2)13-11-12(4)17-18-14(13)7-3/h1,11,15-16H,6-10H2,2-4H3. The molecule has 1 rings (SSSR count). The zero-order valence-electron chi connectivity index (χ0n) is 11.7. The number of nitrogens with zero attached hydrogens (tertiary/aromatic N) is 2. The second kappa shape index (κ2) is 7.84. The molecule has 0 aromatic carbocycles. The van der Waals surface area contributed by atoms with Gasteiger partial charge in [-0.2, -0.15) is 10.2 Å². The Morgan fingerprint density at radius 3 is 2.78 bits per heavy atom. The highest BCUT2D eigenvalue weighted by Crippen LogP contribution is 2.22. The zero-order valence-corrected chi connectivity index (χ0v) is 11.7. The fourth-order valence-electron chi connectivity index (χ4n) is 2.02. The van der Waals surface area contributed by atoms with Crippen LogP contribution in [0.15, 0.2) is 6.07 Å². The van der Waals surface area contributed by atoms with Crippen molar-refractivity contribution < 1.29 is 0 Å². The van der Waals surface area contributed by atoms with Gasteiger partial charge in [0.15, 0.2) is 0 Å². The molecule has 0 fully saturated rings. The van der Waals surface area contributed by atoms with Gasteiger partial charge >= 0.3 is 0 Å². The van der Waals surface area contributed by atoms with Crippen LogP contribution in [-0.4, -0.2) is 16.7 Å². The average Bonchev–Trinajstić information content (AvgIpc) is 2.39. The summed E-state index contributed by atoms with van der Waals surface area (Å²) in [7, 11) is 0. The number of aryl methyl sites for hydroxylation is 2. The summed E-state index contributed by atoms with van der Waals surface area (Å²) in [6, 6.07) is 2.43. The molecule has 18 heavy (non-hydrogen) atoms. The van der Waals surface area contributed by atoms with Crippen molar-refractivity contribution in [2.45, 2.75) is 52.5 Å². The molecule has 98 valence electrons. The molecule has 1 aromatic rings. The maximum atomic E-state index is 5.38. The molecule has 0 saturated carbocycles. The Morgan fingerprint density at radius 1 is 1.39 bits per heavy atom. The van der Waals surface area contributed by atoms with Crippen molar-refractivity contribution in [2.75, 3.05) is 6.54 Å². The van der Waals surface area contributed by atoms with E-state index in [1.54, 1.807) is 0 Å². The molecule has 1 unspecified atom stereocenters. The lowest BCUT2D eigenvalue weighted by Crippen LogP contribution is -2.24. The number of hydrogen-bond donors (Lipinski definition) is 1. The highest BCUT2D eigenvalue weighted by atomic mass is 15.1. The zero-order chi connectivity index (χ0) is 13.4. The maximum absolute atomic E-state index is 5.38. The second-order valence-electron chi connectivity index (χ2n) is 4.49. The van der Waals surface area contributed by atoms with Gasteiger partial charge in [0, 0.05) is 12.5 Å². The Labute approximate surface area is 110 Å². The number of rotatable bonds is 7. The Bertz CT molecular complexity index is 407. The van der Waals surface area contributed by atoms with Gasteiger partial charge < -0.3 is 5.32 Å². The van der Waals surface area contributed by atoms with Gasteiger partial charge in [-0.1, -0.05) is 13.8 Å². The molecule has 3 nitrogen and oxygen atoms in total. The molecular weight excluding hydrogens is 222 g/mol. The van der Waals surface area contributed by atoms with E-state index in [2.05, 4.69) is 41.3 Å². The summed E-state index contributed by atoms with van der Waals surface area (Å²) < 4.78 is 0. The number of hydrogen-bond acceptors (Lipinski definition) is 3. The first kappa shape index (κ1) is 14.7. The third-order valence-corrected chi connectivity index (χ3v) is 2.95. The summed E-state index contributed by atoms with van der Waals surface area (Å²) in [5.74, 6) is 2.72. The van der Waals surface area contributed by atoms with Crippen molar-refractivity contribution in [3.05, 3.63) is 23.0 Å². The topological polar surface area (TPSA) is 37.8 Å². The highest BCUT2D eigenvalue weighted by Gasteiger charge is 2.15. The Morgan fingerprint density at radius 2 is 2.17 bits per heavy atom. The molecule has 1 heterocycles. The third kappa shape index (κ3) is 4.12. The van der Waals surface area contributed by atoms with Crippen LogP contribution < -0.4 is 5.32 Å². The minimum atomic E-state index is 0.296. The first-order valence-corrected chi connectivity index (χ1v) is 6.72. The van der Waals surface area contributed by atoms with Crippen molar-refractivity contribution >= 4 is 0 Å². The van der Waals surface area contributed by atoms with E-state index in [0.717, 1.165) is 43.6 Å². The molecule has 0 aliphatic heterocycles. The van der Waals surface area contributed by atoms with Crippen LogP contribution >= 0.6 is 0 Å². The number of terminal acetylenes is 1. The summed E-state index contributed by atoms with van der Waals surface area (Å²) in [4.78, 5) is 0. The van der Waals surface area contributed by atoms with Crippen molar-refractivity contribution in [3.63, 3.8) is 0 Å². The van der Waals surface area contributed by atoms with Crippen LogP contribution in [-0.2, 0) is 6.42 Å². The summed E-state index contributed by atoms with van der Waals surface area (Å²) in [5.41, 5.74) is 3.30. The monoisotopic (exact) mass is 245 g/mol. The lowest BCUT2D eigenvalue weighted by atomic mass is 9.99. The molecule has 1 atom stereocenters. The second-order valence-corrected chi connectivity index (χ2v) is 4.49. The van der Waals surface area contributed by atoms with Crippen molar-refractivity contribution in [2.24, 2.45) is 0 Å². The maximum Gasteiger partial charge on any atom is 0.0676 e. The summed E-state index contributed by atoms with van der Waals surface area (Å²) in [5, 5.41) is 12.0. The van der Waals surface area contributed by atoms with Crippen molar-refractivity contribution in [1.29, 1.82) is 0 Å². The molecule has 0 spiro atoms. The quantitative estimate of drug-likeness (QED) is 0.751. The van der Waals surface area contributed by atoms with Crippen LogP contribution in [0.2, 0.25) is 0 Å². The number of nitrogens with one attached hydrogen (secondary N) is 1. The van der Waals surface area contributed by atoms with E-state index in [1.165, 1.54) is 5.56 Å².